The van der Waals surface area contributed by atoms with Crippen molar-refractivity contribution in [3.63, 3.8) is 0 Å². The summed E-state index contributed by atoms with van der Waals surface area (Å²) in [7, 11) is -3.79. The maximum Gasteiger partial charge on any atom is 0.255 e. The molecule has 3 aromatic rings. The highest BCUT2D eigenvalue weighted by molar-refractivity contribution is 7.89. The minimum absolute atomic E-state index is 0.195. The molecular weight excluding hydrogens is 476 g/mol. The lowest BCUT2D eigenvalue weighted by molar-refractivity contribution is 0.0996. The van der Waals surface area contributed by atoms with Crippen LogP contribution in [0.3, 0.4) is 0 Å². The van der Waals surface area contributed by atoms with Gasteiger partial charge in [0.2, 0.25) is 15.9 Å². The molecule has 5 N–H and O–H groups in total. The van der Waals surface area contributed by atoms with E-state index >= 15 is 0 Å². The second kappa shape index (κ2) is 9.75. The van der Waals surface area contributed by atoms with Crippen molar-refractivity contribution >= 4 is 33.2 Å². The number of sulfonamides is 1. The molecule has 1 aliphatic heterocycles. The van der Waals surface area contributed by atoms with Gasteiger partial charge < -0.3 is 16.4 Å². The molecule has 1 aliphatic rings. The molecule has 0 saturated heterocycles. The van der Waals surface area contributed by atoms with Crippen molar-refractivity contribution in [2.75, 3.05) is 10.6 Å². The monoisotopic (exact) mass is 506 g/mol. The first-order chi connectivity index (χ1) is 17.0. The molecular formula is C27H30N4O4S. The lowest BCUT2D eigenvalue weighted by atomic mass is 9.85. The number of hydrogen-bond acceptors (Lipinski definition) is 5. The summed E-state index contributed by atoms with van der Waals surface area (Å²) in [4.78, 5) is 24.6. The lowest BCUT2D eigenvalue weighted by Crippen LogP contribution is -2.43. The molecule has 0 aliphatic carbocycles. The number of benzene rings is 3. The topological polar surface area (TPSA) is 130 Å². The summed E-state index contributed by atoms with van der Waals surface area (Å²) in [5.41, 5.74) is 8.53. The van der Waals surface area contributed by atoms with Crippen LogP contribution in [-0.4, -0.2) is 25.8 Å². The van der Waals surface area contributed by atoms with Crippen LogP contribution in [0.5, 0.6) is 0 Å². The van der Waals surface area contributed by atoms with Gasteiger partial charge in [-0.3, -0.25) is 9.59 Å². The normalized spacial score (nSPS) is 16.5. The van der Waals surface area contributed by atoms with E-state index in [-0.39, 0.29) is 21.9 Å². The van der Waals surface area contributed by atoms with Crippen molar-refractivity contribution in [1.29, 1.82) is 0 Å². The molecule has 1 heterocycles. The summed E-state index contributed by atoms with van der Waals surface area (Å²) in [6.45, 7) is 6.01. The zero-order valence-electron chi connectivity index (χ0n) is 20.5. The van der Waals surface area contributed by atoms with E-state index in [9.17, 15) is 18.0 Å². The lowest BCUT2D eigenvalue weighted by Gasteiger charge is -2.39. The average molecular weight is 507 g/mol. The fourth-order valence-corrected chi connectivity index (χ4v) is 5.58. The van der Waals surface area contributed by atoms with Crippen LogP contribution >= 0.6 is 0 Å². The van der Waals surface area contributed by atoms with Gasteiger partial charge in [-0.05, 0) is 86.3 Å². The van der Waals surface area contributed by atoms with Gasteiger partial charge in [-0.1, -0.05) is 25.1 Å². The highest BCUT2D eigenvalue weighted by Crippen LogP contribution is 2.39. The summed E-state index contributed by atoms with van der Waals surface area (Å²) < 4.78 is 29.3. The smallest absolute Gasteiger partial charge is 0.255 e. The molecule has 9 heteroatoms. The fraction of sp³-hybridized carbons (Fsp3) is 0.259. The van der Waals surface area contributed by atoms with E-state index in [4.69, 9.17) is 5.73 Å². The van der Waals surface area contributed by atoms with Gasteiger partial charge in [0.15, 0.2) is 0 Å². The van der Waals surface area contributed by atoms with Crippen molar-refractivity contribution in [2.24, 2.45) is 5.73 Å². The molecule has 0 spiro atoms. The number of amides is 2. The minimum Gasteiger partial charge on any atom is -0.380 e. The Morgan fingerprint density at radius 2 is 1.75 bits per heavy atom. The van der Waals surface area contributed by atoms with Crippen LogP contribution in [0.4, 0.5) is 11.4 Å². The maximum absolute atomic E-state index is 13.2. The summed E-state index contributed by atoms with van der Waals surface area (Å²) in [5.74, 6) is -0.978. The molecule has 1 atom stereocenters. The molecule has 0 unspecified atom stereocenters. The van der Waals surface area contributed by atoms with E-state index in [1.54, 1.807) is 48.5 Å². The summed E-state index contributed by atoms with van der Waals surface area (Å²) in [6, 6.07) is 17.8. The number of carbonyl (C=O) groups is 2. The Kier molecular flexibility index (Phi) is 6.88. The van der Waals surface area contributed by atoms with Crippen LogP contribution in [0.15, 0.2) is 71.6 Å². The van der Waals surface area contributed by atoms with Crippen molar-refractivity contribution < 1.29 is 18.0 Å². The number of aryl methyl sites for hydroxylation is 1. The first kappa shape index (κ1) is 25.4. The Hall–Kier alpha value is -3.69. The first-order valence-electron chi connectivity index (χ1n) is 11.7. The van der Waals surface area contributed by atoms with E-state index in [1.807, 2.05) is 32.9 Å². The van der Waals surface area contributed by atoms with E-state index in [0.717, 1.165) is 17.7 Å². The van der Waals surface area contributed by atoms with E-state index in [2.05, 4.69) is 15.4 Å². The van der Waals surface area contributed by atoms with Gasteiger partial charge in [-0.25, -0.2) is 13.1 Å². The number of nitrogens with one attached hydrogen (secondary N) is 3. The Bertz CT molecular complexity index is 1420. The molecule has 3 aromatic carbocycles. The number of anilines is 2. The zero-order valence-corrected chi connectivity index (χ0v) is 21.3. The second-order valence-electron chi connectivity index (χ2n) is 9.59. The molecule has 188 valence electrons. The third-order valence-electron chi connectivity index (χ3n) is 6.22. The van der Waals surface area contributed by atoms with Gasteiger partial charge in [0.05, 0.1) is 10.9 Å². The predicted octanol–water partition coefficient (Wildman–Crippen LogP) is 4.21. The third-order valence-corrected chi connectivity index (χ3v) is 7.71. The Morgan fingerprint density at radius 1 is 1.03 bits per heavy atom. The van der Waals surface area contributed by atoms with Crippen LogP contribution in [0.2, 0.25) is 0 Å². The van der Waals surface area contributed by atoms with Crippen LogP contribution in [0, 0.1) is 0 Å². The molecule has 0 bridgehead atoms. The third kappa shape index (κ3) is 5.58. The largest absolute Gasteiger partial charge is 0.380 e. The van der Waals surface area contributed by atoms with Crippen molar-refractivity contribution in [3.8, 4) is 0 Å². The summed E-state index contributed by atoms with van der Waals surface area (Å²) in [6.07, 6.45) is 1.30. The maximum atomic E-state index is 13.2. The van der Waals surface area contributed by atoms with Gasteiger partial charge in [0, 0.05) is 28.0 Å². The van der Waals surface area contributed by atoms with E-state index in [0.29, 0.717) is 23.2 Å². The van der Waals surface area contributed by atoms with Crippen molar-refractivity contribution in [3.05, 3.63) is 89.0 Å². The second-order valence-corrected chi connectivity index (χ2v) is 11.3. The van der Waals surface area contributed by atoms with Gasteiger partial charge in [-0.2, -0.15) is 0 Å². The molecule has 36 heavy (non-hydrogen) atoms. The highest BCUT2D eigenvalue weighted by Gasteiger charge is 2.34. The average Bonchev–Trinajstić information content (AvgIpc) is 2.83. The predicted molar refractivity (Wildman–Crippen MR) is 141 cm³/mol. The fourth-order valence-electron chi connectivity index (χ4n) is 4.36. The molecule has 0 fully saturated rings. The van der Waals surface area contributed by atoms with E-state index in [1.165, 1.54) is 6.07 Å². The Labute approximate surface area is 211 Å². The molecule has 2 amide bonds. The molecule has 8 nitrogen and oxygen atoms in total. The quantitative estimate of drug-likeness (QED) is 0.381. The summed E-state index contributed by atoms with van der Waals surface area (Å²) in [5, 5.41) is 6.20. The first-order valence-corrected chi connectivity index (χ1v) is 13.2. The zero-order chi connectivity index (χ0) is 26.1. The van der Waals surface area contributed by atoms with Crippen LogP contribution in [0.1, 0.15) is 65.1 Å². The van der Waals surface area contributed by atoms with Gasteiger partial charge in [0.25, 0.3) is 5.91 Å². The van der Waals surface area contributed by atoms with Crippen LogP contribution in [0.25, 0.3) is 0 Å². The van der Waals surface area contributed by atoms with Crippen molar-refractivity contribution in [2.45, 2.75) is 50.1 Å². The number of rotatable bonds is 7. The summed E-state index contributed by atoms with van der Waals surface area (Å²) >= 11 is 0. The van der Waals surface area contributed by atoms with Crippen LogP contribution < -0.4 is 21.1 Å². The van der Waals surface area contributed by atoms with E-state index < -0.39 is 22.0 Å². The van der Waals surface area contributed by atoms with Crippen molar-refractivity contribution in [1.82, 2.24) is 4.72 Å². The molecule has 0 aromatic heterocycles. The number of hydrogen-bond donors (Lipinski definition) is 4. The SMILES string of the molecule is CCc1ccc(S(=O)(=O)N[C@H]2CC(C)(C)Nc3ccc(C(=O)Nc4cccc(C(N)=O)c4)cc32)cc1. The number of fused-ring (bicyclic) bond motifs is 1. The van der Waals surface area contributed by atoms with Gasteiger partial charge >= 0.3 is 0 Å². The van der Waals surface area contributed by atoms with Gasteiger partial charge in [-0.15, -0.1) is 0 Å². The van der Waals surface area contributed by atoms with Gasteiger partial charge in [0.1, 0.15) is 0 Å². The Balaban J connectivity index is 1.63. The number of carbonyl (C=O) groups excluding carboxylic acids is 2. The molecule has 0 saturated carbocycles. The molecule has 4 rings (SSSR count). The van der Waals surface area contributed by atoms with Crippen LogP contribution in [-0.2, 0) is 16.4 Å². The minimum atomic E-state index is -3.79. The highest BCUT2D eigenvalue weighted by atomic mass is 32.2. The number of nitrogens with two attached hydrogens (primary N) is 1. The Morgan fingerprint density at radius 3 is 2.42 bits per heavy atom. The standard InChI is InChI=1S/C27H30N4O4S/c1-4-17-8-11-21(12-9-17)36(34,35)31-24-16-27(2,3)30-23-13-10-19(15-22(23)24)26(33)29-20-7-5-6-18(14-20)25(28)32/h5-15,24,30-31H,4,16H2,1-3H3,(H2,28,32)(H,29,33)/t24-/m0/s1. The number of primary amides is 1. The molecule has 0 radical (unpaired) electrons.